The van der Waals surface area contributed by atoms with Crippen LogP contribution in [-0.4, -0.2) is 6.29 Å². The van der Waals surface area contributed by atoms with Gasteiger partial charge < -0.3 is 0 Å². The molecule has 0 aromatic heterocycles. The highest BCUT2D eigenvalue weighted by Crippen LogP contribution is 2.40. The molecule has 0 heterocycles. The first-order valence-corrected chi connectivity index (χ1v) is 11.0. The summed E-state index contributed by atoms with van der Waals surface area (Å²) in [7, 11) is 0. The van der Waals surface area contributed by atoms with Gasteiger partial charge in [-0.3, -0.25) is 4.79 Å². The molecule has 0 aromatic carbocycles. The van der Waals surface area contributed by atoms with E-state index in [1.807, 2.05) is 38.2 Å². The number of rotatable bonds is 7. The van der Waals surface area contributed by atoms with Crippen molar-refractivity contribution in [3.05, 3.63) is 94.2 Å². The van der Waals surface area contributed by atoms with E-state index in [-0.39, 0.29) is 5.41 Å². The molecule has 0 aliphatic heterocycles. The van der Waals surface area contributed by atoms with E-state index in [0.717, 1.165) is 17.4 Å². The van der Waals surface area contributed by atoms with Crippen LogP contribution in [0.3, 0.4) is 0 Å². The van der Waals surface area contributed by atoms with Crippen molar-refractivity contribution in [1.29, 1.82) is 0 Å². The monoisotopic (exact) mass is 414 g/mol. The van der Waals surface area contributed by atoms with Gasteiger partial charge in [0.15, 0.2) is 0 Å². The highest BCUT2D eigenvalue weighted by Gasteiger charge is 2.26. The quantitative estimate of drug-likeness (QED) is 0.178. The van der Waals surface area contributed by atoms with Crippen molar-refractivity contribution in [3.63, 3.8) is 0 Å². The summed E-state index contributed by atoms with van der Waals surface area (Å²) in [5.74, 6) is 6.10. The maximum Gasteiger partial charge on any atom is 0.145 e. The molecule has 31 heavy (non-hydrogen) atoms. The van der Waals surface area contributed by atoms with Crippen LogP contribution >= 0.6 is 0 Å². The Morgan fingerprint density at radius 1 is 0.839 bits per heavy atom. The first-order chi connectivity index (χ1) is 14.7. The number of carbonyl (C=O) groups is 1. The number of aldehydes is 1. The molecule has 1 aliphatic rings. The van der Waals surface area contributed by atoms with E-state index in [4.69, 9.17) is 0 Å². The molecule has 0 bridgehead atoms. The first kappa shape index (κ1) is 26.2. The molecular formula is C30H38O. The van der Waals surface area contributed by atoms with Crippen LogP contribution in [0.2, 0.25) is 0 Å². The second-order valence-corrected chi connectivity index (χ2v) is 8.99. The largest absolute Gasteiger partial charge is 0.298 e. The molecule has 0 aromatic rings. The van der Waals surface area contributed by atoms with E-state index in [0.29, 0.717) is 5.57 Å². The van der Waals surface area contributed by atoms with Gasteiger partial charge in [-0.05, 0) is 93.7 Å². The zero-order chi connectivity index (χ0) is 23.3. The Kier molecular flexibility index (Phi) is 11.4. The Morgan fingerprint density at radius 3 is 1.90 bits per heavy atom. The van der Waals surface area contributed by atoms with Crippen molar-refractivity contribution in [1.82, 2.24) is 0 Å². The molecule has 0 atom stereocenters. The maximum absolute atomic E-state index is 10.5. The summed E-state index contributed by atoms with van der Waals surface area (Å²) < 4.78 is 0. The molecule has 1 aliphatic carbocycles. The summed E-state index contributed by atoms with van der Waals surface area (Å²) in [6.45, 7) is 14.9. The third-order valence-corrected chi connectivity index (χ3v) is 5.36. The molecule has 0 N–H and O–H groups in total. The Bertz CT molecular complexity index is 938. The molecule has 1 rings (SSSR count). The zero-order valence-electron chi connectivity index (χ0n) is 20.4. The predicted octanol–water partition coefficient (Wildman–Crippen LogP) is 8.17. The van der Waals surface area contributed by atoms with E-state index in [2.05, 4.69) is 69.9 Å². The number of carbonyl (C=O) groups excluding carboxylic acids is 1. The lowest BCUT2D eigenvalue weighted by atomic mass is 9.72. The van der Waals surface area contributed by atoms with E-state index in [1.54, 1.807) is 13.0 Å². The number of hydrogen-bond donors (Lipinski definition) is 0. The summed E-state index contributed by atoms with van der Waals surface area (Å²) in [4.78, 5) is 10.5. The van der Waals surface area contributed by atoms with Gasteiger partial charge in [0.2, 0.25) is 0 Å². The fraction of sp³-hybridized carbons (Fsp3) is 0.367. The van der Waals surface area contributed by atoms with E-state index < -0.39 is 0 Å². The van der Waals surface area contributed by atoms with Crippen molar-refractivity contribution >= 4 is 6.29 Å². The molecule has 0 saturated carbocycles. The van der Waals surface area contributed by atoms with Gasteiger partial charge in [-0.25, -0.2) is 0 Å². The van der Waals surface area contributed by atoms with Crippen LogP contribution in [0.1, 0.15) is 67.7 Å². The van der Waals surface area contributed by atoms with Gasteiger partial charge in [-0.15, -0.1) is 0 Å². The molecule has 0 unspecified atom stereocenters. The van der Waals surface area contributed by atoms with E-state index >= 15 is 0 Å². The Hall–Kier alpha value is -2.85. The Morgan fingerprint density at radius 2 is 1.39 bits per heavy atom. The van der Waals surface area contributed by atoms with Gasteiger partial charge in [-0.1, -0.05) is 85.4 Å². The van der Waals surface area contributed by atoms with Crippen LogP contribution in [0.5, 0.6) is 0 Å². The van der Waals surface area contributed by atoms with Crippen LogP contribution in [0.15, 0.2) is 94.2 Å². The summed E-state index contributed by atoms with van der Waals surface area (Å²) in [5, 5.41) is 0. The van der Waals surface area contributed by atoms with Crippen molar-refractivity contribution in [2.45, 2.75) is 67.7 Å². The lowest BCUT2D eigenvalue weighted by Gasteiger charge is -2.32. The van der Waals surface area contributed by atoms with E-state index in [1.165, 1.54) is 36.0 Å². The second-order valence-electron chi connectivity index (χ2n) is 8.99. The standard InChI is InChI=1S/C30H38O/c1-24(13-8-9-14-25(2)16-11-18-27(4)23-31)15-10-17-26(3)20-21-29-28(5)19-12-22-30(29,6)7/h10-11,13-18,20-21,23H,12,19,22H2,1-7H3/b15-10+,16-11+,21-20+,24-13+,25-14+,26-17+,27-18+. The Labute approximate surface area is 190 Å². The maximum atomic E-state index is 10.5. The summed E-state index contributed by atoms with van der Waals surface area (Å²) in [6, 6.07) is 0. The summed E-state index contributed by atoms with van der Waals surface area (Å²) in [5.41, 5.74) is 7.39. The van der Waals surface area contributed by atoms with Gasteiger partial charge in [-0.2, -0.15) is 0 Å². The fourth-order valence-corrected chi connectivity index (χ4v) is 3.43. The van der Waals surface area contributed by atoms with E-state index in [9.17, 15) is 4.79 Å². The average Bonchev–Trinajstić information content (AvgIpc) is 2.70. The van der Waals surface area contributed by atoms with Gasteiger partial charge in [0.25, 0.3) is 0 Å². The minimum Gasteiger partial charge on any atom is -0.298 e. The van der Waals surface area contributed by atoms with Crippen LogP contribution < -0.4 is 0 Å². The fourth-order valence-electron chi connectivity index (χ4n) is 3.43. The lowest BCUT2D eigenvalue weighted by molar-refractivity contribution is -0.104. The number of allylic oxidation sites excluding steroid dienone is 16. The third kappa shape index (κ3) is 10.7. The minimum atomic E-state index is 0.278. The zero-order valence-corrected chi connectivity index (χ0v) is 20.4. The first-order valence-electron chi connectivity index (χ1n) is 11.0. The van der Waals surface area contributed by atoms with Crippen LogP contribution in [-0.2, 0) is 4.79 Å². The molecule has 0 fully saturated rings. The lowest BCUT2D eigenvalue weighted by Crippen LogP contribution is -2.19. The number of hydrogen-bond acceptors (Lipinski definition) is 1. The van der Waals surface area contributed by atoms with Gasteiger partial charge >= 0.3 is 0 Å². The highest BCUT2D eigenvalue weighted by atomic mass is 16.1. The van der Waals surface area contributed by atoms with Crippen molar-refractivity contribution in [2.24, 2.45) is 5.41 Å². The summed E-state index contributed by atoms with van der Waals surface area (Å²) in [6.07, 6.45) is 24.8. The minimum absolute atomic E-state index is 0.278. The highest BCUT2D eigenvalue weighted by molar-refractivity contribution is 5.72. The molecule has 1 heteroatoms. The van der Waals surface area contributed by atoms with Crippen molar-refractivity contribution in [2.75, 3.05) is 0 Å². The topological polar surface area (TPSA) is 17.1 Å². The van der Waals surface area contributed by atoms with Crippen molar-refractivity contribution < 1.29 is 4.79 Å². The summed E-state index contributed by atoms with van der Waals surface area (Å²) >= 11 is 0. The third-order valence-electron chi connectivity index (χ3n) is 5.36. The molecule has 0 saturated heterocycles. The smallest absolute Gasteiger partial charge is 0.145 e. The van der Waals surface area contributed by atoms with Gasteiger partial charge in [0, 0.05) is 0 Å². The average molecular weight is 415 g/mol. The van der Waals surface area contributed by atoms with Crippen molar-refractivity contribution in [3.8, 4) is 11.8 Å². The normalized spacial score (nSPS) is 18.8. The second kappa shape index (κ2) is 13.5. The van der Waals surface area contributed by atoms with Crippen LogP contribution in [0.4, 0.5) is 0 Å². The molecule has 164 valence electrons. The van der Waals surface area contributed by atoms with Gasteiger partial charge in [0.1, 0.15) is 6.29 Å². The van der Waals surface area contributed by atoms with Crippen LogP contribution in [0, 0.1) is 17.3 Å². The molecule has 0 amide bonds. The SMILES string of the molecule is CC1=C(/C=C/C(C)=C/C=C/C(C)=C/C#C/C=C(C)/C=C/C=C(\C)C=O)C(C)(C)CCC1. The molecule has 0 radical (unpaired) electrons. The molecule has 0 spiro atoms. The Balaban J connectivity index is 2.69. The molecular weight excluding hydrogens is 376 g/mol. The van der Waals surface area contributed by atoms with Gasteiger partial charge in [0.05, 0.1) is 0 Å². The molecule has 1 nitrogen and oxygen atoms in total. The van der Waals surface area contributed by atoms with Crippen LogP contribution in [0.25, 0.3) is 0 Å². The predicted molar refractivity (Wildman–Crippen MR) is 137 cm³/mol.